The molecule has 2 aromatic carbocycles. The lowest BCUT2D eigenvalue weighted by Crippen LogP contribution is -2.44. The summed E-state index contributed by atoms with van der Waals surface area (Å²) in [6.07, 6.45) is 1.63. The Labute approximate surface area is 167 Å². The zero-order valence-electron chi connectivity index (χ0n) is 15.3. The maximum atomic E-state index is 12.7. The molecule has 1 unspecified atom stereocenters. The number of aromatic nitrogens is 2. The molecular weight excluding hydrogens is 376 g/mol. The van der Waals surface area contributed by atoms with E-state index in [1.807, 2.05) is 47.4 Å². The van der Waals surface area contributed by atoms with Gasteiger partial charge in [0, 0.05) is 24.7 Å². The zero-order valence-corrected chi connectivity index (χ0v) is 16.1. The van der Waals surface area contributed by atoms with Crippen LogP contribution in [0.5, 0.6) is 0 Å². The van der Waals surface area contributed by atoms with E-state index in [1.54, 1.807) is 6.07 Å². The maximum absolute atomic E-state index is 12.7. The van der Waals surface area contributed by atoms with Crippen molar-refractivity contribution in [3.63, 3.8) is 0 Å². The Hall–Kier alpha value is -2.86. The van der Waals surface area contributed by atoms with Crippen LogP contribution in [-0.2, 0) is 11.3 Å². The molecule has 0 saturated carbocycles. The number of hydrogen-bond acceptors (Lipinski definition) is 4. The highest BCUT2D eigenvalue weighted by atomic mass is 35.5. The summed E-state index contributed by atoms with van der Waals surface area (Å²) < 4.78 is 0. The van der Waals surface area contributed by atoms with Gasteiger partial charge in [0.25, 0.3) is 5.56 Å². The minimum atomic E-state index is -0.223. The molecule has 3 aromatic rings. The summed E-state index contributed by atoms with van der Waals surface area (Å²) in [5.74, 6) is 0.188. The van der Waals surface area contributed by atoms with Gasteiger partial charge in [0.05, 0.1) is 17.0 Å². The first-order valence-electron chi connectivity index (χ1n) is 9.36. The summed E-state index contributed by atoms with van der Waals surface area (Å²) >= 11 is 5.99. The molecule has 0 bridgehead atoms. The van der Waals surface area contributed by atoms with Crippen LogP contribution in [0.15, 0.2) is 53.3 Å². The highest BCUT2D eigenvalue weighted by Crippen LogP contribution is 2.21. The van der Waals surface area contributed by atoms with E-state index in [4.69, 9.17) is 11.6 Å². The van der Waals surface area contributed by atoms with Gasteiger partial charge in [-0.25, -0.2) is 4.98 Å². The van der Waals surface area contributed by atoms with Gasteiger partial charge in [0.2, 0.25) is 5.91 Å². The molecule has 1 amide bonds. The first-order chi connectivity index (χ1) is 13.6. The van der Waals surface area contributed by atoms with Crippen molar-refractivity contribution in [1.82, 2.24) is 15.3 Å². The summed E-state index contributed by atoms with van der Waals surface area (Å²) in [6, 6.07) is 14.9. The number of hydrogen-bond donors (Lipinski definition) is 2. The van der Waals surface area contributed by atoms with Crippen molar-refractivity contribution < 1.29 is 4.79 Å². The fourth-order valence-corrected chi connectivity index (χ4v) is 3.81. The third kappa shape index (κ3) is 4.02. The molecule has 1 aliphatic heterocycles. The first kappa shape index (κ1) is 18.5. The molecule has 1 atom stereocenters. The Morgan fingerprint density at radius 3 is 2.96 bits per heavy atom. The molecule has 6 nitrogen and oxygen atoms in total. The molecule has 28 heavy (non-hydrogen) atoms. The SMILES string of the molecule is O=C(NCc1cccc(Cl)c1)C1CCCN(c2nc3ccccc3[nH]c2=O)C1. The van der Waals surface area contributed by atoms with Crippen molar-refractivity contribution >= 4 is 34.4 Å². The highest BCUT2D eigenvalue weighted by Gasteiger charge is 2.27. The van der Waals surface area contributed by atoms with Crippen LogP contribution in [0.1, 0.15) is 18.4 Å². The number of nitrogens with one attached hydrogen (secondary N) is 2. The summed E-state index contributed by atoms with van der Waals surface area (Å²) in [4.78, 5) is 34.5. The summed E-state index contributed by atoms with van der Waals surface area (Å²) in [6.45, 7) is 1.63. The van der Waals surface area contributed by atoms with Crippen molar-refractivity contribution in [3.8, 4) is 0 Å². The number of para-hydroxylation sites is 2. The minimum absolute atomic E-state index is 0.0121. The molecule has 0 spiro atoms. The average Bonchev–Trinajstić information content (AvgIpc) is 2.71. The summed E-state index contributed by atoms with van der Waals surface area (Å²) in [7, 11) is 0. The number of halogens is 1. The van der Waals surface area contributed by atoms with Crippen molar-refractivity contribution in [2.24, 2.45) is 5.92 Å². The van der Waals surface area contributed by atoms with E-state index in [-0.39, 0.29) is 17.4 Å². The molecular formula is C21H21ClN4O2. The van der Waals surface area contributed by atoms with Gasteiger partial charge in [-0.05, 0) is 42.7 Å². The van der Waals surface area contributed by atoms with Crippen molar-refractivity contribution in [3.05, 3.63) is 69.5 Å². The number of amides is 1. The number of carbonyl (C=O) groups excluding carboxylic acids is 1. The second kappa shape index (κ2) is 8.02. The van der Waals surface area contributed by atoms with Gasteiger partial charge >= 0.3 is 0 Å². The number of carbonyl (C=O) groups is 1. The Bertz CT molecular complexity index is 1070. The van der Waals surface area contributed by atoms with Crippen LogP contribution in [0.4, 0.5) is 5.82 Å². The molecule has 1 aromatic heterocycles. The molecule has 1 saturated heterocycles. The van der Waals surface area contributed by atoms with Gasteiger partial charge in [-0.15, -0.1) is 0 Å². The standard InChI is InChI=1S/C21H21ClN4O2/c22-16-7-3-5-14(11-16)12-23-20(27)15-6-4-10-26(13-15)19-21(28)25-18-9-2-1-8-17(18)24-19/h1-3,5,7-9,11,15H,4,6,10,12-13H2,(H,23,27)(H,25,28). The molecule has 4 rings (SSSR count). The molecule has 7 heteroatoms. The molecule has 0 aliphatic carbocycles. The fourth-order valence-electron chi connectivity index (χ4n) is 3.60. The van der Waals surface area contributed by atoms with E-state index in [1.165, 1.54) is 0 Å². The number of rotatable bonds is 4. The van der Waals surface area contributed by atoms with Crippen LogP contribution in [-0.4, -0.2) is 29.0 Å². The summed E-state index contributed by atoms with van der Waals surface area (Å²) in [5.41, 5.74) is 2.19. The van der Waals surface area contributed by atoms with Crippen LogP contribution in [0.25, 0.3) is 11.0 Å². The molecule has 144 valence electrons. The molecule has 0 radical (unpaired) electrons. The lowest BCUT2D eigenvalue weighted by molar-refractivity contribution is -0.125. The van der Waals surface area contributed by atoms with E-state index < -0.39 is 0 Å². The number of benzene rings is 2. The van der Waals surface area contributed by atoms with Crippen molar-refractivity contribution in [1.29, 1.82) is 0 Å². The van der Waals surface area contributed by atoms with Crippen molar-refractivity contribution in [2.75, 3.05) is 18.0 Å². The van der Waals surface area contributed by atoms with Crippen LogP contribution in [0.3, 0.4) is 0 Å². The van der Waals surface area contributed by atoms with E-state index in [9.17, 15) is 9.59 Å². The quantitative estimate of drug-likeness (QED) is 0.710. The van der Waals surface area contributed by atoms with Crippen LogP contribution in [0.2, 0.25) is 5.02 Å². The van der Waals surface area contributed by atoms with Crippen LogP contribution < -0.4 is 15.8 Å². The maximum Gasteiger partial charge on any atom is 0.291 e. The first-order valence-corrected chi connectivity index (χ1v) is 9.74. The predicted octanol–water partition coefficient (Wildman–Crippen LogP) is 3.11. The van der Waals surface area contributed by atoms with Gasteiger partial charge in [-0.1, -0.05) is 35.9 Å². The molecule has 1 aliphatic rings. The lowest BCUT2D eigenvalue weighted by Gasteiger charge is -2.32. The number of nitrogens with zero attached hydrogens (tertiary/aromatic N) is 2. The Morgan fingerprint density at radius 1 is 1.25 bits per heavy atom. The minimum Gasteiger partial charge on any atom is -0.352 e. The van der Waals surface area contributed by atoms with Crippen LogP contribution >= 0.6 is 11.6 Å². The summed E-state index contributed by atoms with van der Waals surface area (Å²) in [5, 5.41) is 3.63. The number of anilines is 1. The second-order valence-electron chi connectivity index (χ2n) is 7.04. The monoisotopic (exact) mass is 396 g/mol. The average molecular weight is 397 g/mol. The zero-order chi connectivity index (χ0) is 19.5. The Balaban J connectivity index is 1.46. The van der Waals surface area contributed by atoms with Gasteiger partial charge in [0.1, 0.15) is 0 Å². The molecule has 1 fully saturated rings. The van der Waals surface area contributed by atoms with Gasteiger partial charge < -0.3 is 15.2 Å². The van der Waals surface area contributed by atoms with E-state index in [2.05, 4.69) is 15.3 Å². The Kier molecular flexibility index (Phi) is 5.30. The smallest absolute Gasteiger partial charge is 0.291 e. The molecule has 2 heterocycles. The number of aromatic amines is 1. The normalized spacial score (nSPS) is 16.9. The second-order valence-corrected chi connectivity index (χ2v) is 7.48. The number of piperidine rings is 1. The highest BCUT2D eigenvalue weighted by molar-refractivity contribution is 6.30. The Morgan fingerprint density at radius 2 is 2.11 bits per heavy atom. The van der Waals surface area contributed by atoms with Gasteiger partial charge in [-0.3, -0.25) is 9.59 Å². The van der Waals surface area contributed by atoms with Crippen LogP contribution in [0, 0.1) is 5.92 Å². The number of fused-ring (bicyclic) bond motifs is 1. The van der Waals surface area contributed by atoms with Crippen molar-refractivity contribution in [2.45, 2.75) is 19.4 Å². The van der Waals surface area contributed by atoms with Gasteiger partial charge in [0.15, 0.2) is 5.82 Å². The predicted molar refractivity (Wildman–Crippen MR) is 111 cm³/mol. The number of H-pyrrole nitrogens is 1. The topological polar surface area (TPSA) is 78.1 Å². The van der Waals surface area contributed by atoms with E-state index in [0.717, 1.165) is 23.9 Å². The van der Waals surface area contributed by atoms with E-state index >= 15 is 0 Å². The van der Waals surface area contributed by atoms with Gasteiger partial charge in [-0.2, -0.15) is 0 Å². The fraction of sp³-hybridized carbons (Fsp3) is 0.286. The third-order valence-corrected chi connectivity index (χ3v) is 5.26. The third-order valence-electron chi connectivity index (χ3n) is 5.03. The molecule has 2 N–H and O–H groups in total. The van der Waals surface area contributed by atoms with E-state index in [0.29, 0.717) is 36.0 Å². The largest absolute Gasteiger partial charge is 0.352 e. The lowest BCUT2D eigenvalue weighted by atomic mass is 9.97.